The summed E-state index contributed by atoms with van der Waals surface area (Å²) in [4.78, 5) is 28.5. The third-order valence-corrected chi connectivity index (χ3v) is 4.40. The minimum Gasteiger partial charge on any atom is -0.317 e. The van der Waals surface area contributed by atoms with Crippen LogP contribution in [0.15, 0.2) is 12.1 Å². The first kappa shape index (κ1) is 17.2. The normalized spacial score (nSPS) is 20.1. The average molecular weight is 354 g/mol. The summed E-state index contributed by atoms with van der Waals surface area (Å²) in [5.74, 6) is -3.23. The predicted molar refractivity (Wildman–Crippen MR) is 84.8 cm³/mol. The van der Waals surface area contributed by atoms with Crippen LogP contribution in [0.4, 0.5) is 19.1 Å². The number of rotatable bonds is 2. The molecule has 2 aromatic rings. The molecule has 6 nitrogen and oxygen atoms in total. The summed E-state index contributed by atoms with van der Waals surface area (Å²) in [6.07, 6.45) is -5.06. The Labute approximate surface area is 141 Å². The van der Waals surface area contributed by atoms with E-state index in [9.17, 15) is 22.8 Å². The molecule has 0 bridgehead atoms. The Hall–Kier alpha value is -2.58. The number of nitrogens with zero attached hydrogens (tertiary/aromatic N) is 2. The van der Waals surface area contributed by atoms with E-state index in [1.54, 1.807) is 13.0 Å². The molecular formula is C16H17F3N4O2. The highest BCUT2D eigenvalue weighted by molar-refractivity contribution is 6.05. The molecule has 0 saturated heterocycles. The van der Waals surface area contributed by atoms with E-state index in [4.69, 9.17) is 0 Å². The molecule has 3 rings (SSSR count). The van der Waals surface area contributed by atoms with Crippen LogP contribution in [0.2, 0.25) is 0 Å². The number of imidazole rings is 1. The number of nitrogens with one attached hydrogen (secondary N) is 2. The first-order valence-electron chi connectivity index (χ1n) is 7.69. The third-order valence-electron chi connectivity index (χ3n) is 4.40. The molecule has 9 heteroatoms. The molecule has 134 valence electrons. The summed E-state index contributed by atoms with van der Waals surface area (Å²) in [7, 11) is 0. The Bertz CT molecular complexity index is 901. The number of hydrogen-bond donors (Lipinski definition) is 2. The van der Waals surface area contributed by atoms with Gasteiger partial charge in [-0.15, -0.1) is 0 Å². The van der Waals surface area contributed by atoms with Crippen LogP contribution in [0, 0.1) is 19.8 Å². The molecule has 2 amide bonds. The first-order chi connectivity index (χ1) is 11.5. The number of amides is 2. The van der Waals surface area contributed by atoms with Crippen molar-refractivity contribution in [2.75, 3.05) is 5.32 Å². The van der Waals surface area contributed by atoms with Crippen LogP contribution in [0.3, 0.4) is 0 Å². The van der Waals surface area contributed by atoms with Gasteiger partial charge in [0, 0.05) is 5.92 Å². The van der Waals surface area contributed by atoms with Crippen LogP contribution in [0.1, 0.15) is 25.0 Å². The van der Waals surface area contributed by atoms with E-state index in [-0.39, 0.29) is 11.5 Å². The number of anilines is 1. The molecule has 1 atom stereocenters. The van der Waals surface area contributed by atoms with Gasteiger partial charge in [0.15, 0.2) is 0 Å². The van der Waals surface area contributed by atoms with Gasteiger partial charge in [0.25, 0.3) is 11.6 Å². The smallest absolute Gasteiger partial charge is 0.317 e. The number of aryl methyl sites for hydroxylation is 2. The highest BCUT2D eigenvalue weighted by Crippen LogP contribution is 2.44. The van der Waals surface area contributed by atoms with Gasteiger partial charge in [0.2, 0.25) is 11.9 Å². The number of carbonyl (C=O) groups excluding carboxylic acids is 2. The number of carbonyl (C=O) groups is 2. The first-order valence-corrected chi connectivity index (χ1v) is 7.69. The number of hydrogen-bond acceptors (Lipinski definition) is 3. The van der Waals surface area contributed by atoms with E-state index < -0.39 is 29.6 Å². The molecule has 0 aliphatic carbocycles. The molecule has 25 heavy (non-hydrogen) atoms. The van der Waals surface area contributed by atoms with Gasteiger partial charge in [0.05, 0.1) is 11.0 Å². The molecular weight excluding hydrogens is 337 g/mol. The van der Waals surface area contributed by atoms with Crippen LogP contribution in [0.25, 0.3) is 11.0 Å². The molecule has 1 aliphatic rings. The van der Waals surface area contributed by atoms with Crippen molar-refractivity contribution >= 4 is 28.8 Å². The fourth-order valence-electron chi connectivity index (χ4n) is 2.81. The van der Waals surface area contributed by atoms with Gasteiger partial charge in [-0.1, -0.05) is 13.8 Å². The Morgan fingerprint density at radius 2 is 1.88 bits per heavy atom. The van der Waals surface area contributed by atoms with Crippen LogP contribution in [-0.2, 0) is 15.3 Å². The second-order valence-electron chi connectivity index (χ2n) is 6.50. The highest BCUT2D eigenvalue weighted by atomic mass is 19.4. The molecule has 1 unspecified atom stereocenters. The second-order valence-corrected chi connectivity index (χ2v) is 6.50. The quantitative estimate of drug-likeness (QED) is 0.870. The topological polar surface area (TPSA) is 76.0 Å². The predicted octanol–water partition coefficient (Wildman–Crippen LogP) is 2.59. The number of fused-ring (bicyclic) bond motifs is 3. The molecule has 1 aliphatic heterocycles. The molecule has 0 radical (unpaired) electrons. The summed E-state index contributed by atoms with van der Waals surface area (Å²) < 4.78 is 42.8. The van der Waals surface area contributed by atoms with Gasteiger partial charge < -0.3 is 5.32 Å². The van der Waals surface area contributed by atoms with E-state index in [0.29, 0.717) is 5.52 Å². The standard InChI is InChI=1S/C16H17F3N4O2/c1-7(2)12(24)22-15(16(17,18)19)13(25)21-14-20-10-5-8(3)9(4)6-11(10)23(14)15/h5-7H,1-4H3,(H,22,24)(H,20,21,25). The number of benzene rings is 1. The number of halogens is 3. The lowest BCUT2D eigenvalue weighted by Gasteiger charge is -2.32. The summed E-state index contributed by atoms with van der Waals surface area (Å²) in [6, 6.07) is 3.18. The van der Waals surface area contributed by atoms with E-state index >= 15 is 0 Å². The van der Waals surface area contributed by atoms with Crippen molar-refractivity contribution in [2.45, 2.75) is 39.5 Å². The minimum atomic E-state index is -5.06. The van der Waals surface area contributed by atoms with Crippen molar-refractivity contribution in [3.8, 4) is 0 Å². The zero-order valence-corrected chi connectivity index (χ0v) is 14.1. The molecule has 0 fully saturated rings. The minimum absolute atomic E-state index is 0.123. The maximum Gasteiger partial charge on any atom is 0.440 e. The maximum atomic E-state index is 14.0. The highest BCUT2D eigenvalue weighted by Gasteiger charge is 2.67. The average Bonchev–Trinajstić information content (AvgIpc) is 2.94. The fraction of sp³-hybridized carbons (Fsp3) is 0.438. The molecule has 1 aromatic heterocycles. The Balaban J connectivity index is 2.33. The van der Waals surface area contributed by atoms with Gasteiger partial charge in [-0.3, -0.25) is 19.5 Å². The van der Waals surface area contributed by atoms with Crippen LogP contribution >= 0.6 is 0 Å². The van der Waals surface area contributed by atoms with Gasteiger partial charge in [-0.25, -0.2) is 4.98 Å². The maximum absolute atomic E-state index is 14.0. The summed E-state index contributed by atoms with van der Waals surface area (Å²) >= 11 is 0. The number of alkyl halides is 3. The Morgan fingerprint density at radius 3 is 2.44 bits per heavy atom. The van der Waals surface area contributed by atoms with Gasteiger partial charge in [-0.05, 0) is 37.1 Å². The zero-order valence-electron chi connectivity index (χ0n) is 14.1. The van der Waals surface area contributed by atoms with E-state index in [1.807, 2.05) is 12.2 Å². The molecule has 0 spiro atoms. The van der Waals surface area contributed by atoms with Gasteiger partial charge in [0.1, 0.15) is 0 Å². The van der Waals surface area contributed by atoms with E-state index in [1.165, 1.54) is 19.9 Å². The van der Waals surface area contributed by atoms with Crippen molar-refractivity contribution in [3.63, 3.8) is 0 Å². The molecule has 2 heterocycles. The van der Waals surface area contributed by atoms with Gasteiger partial charge >= 0.3 is 6.18 Å². The monoisotopic (exact) mass is 354 g/mol. The summed E-state index contributed by atoms with van der Waals surface area (Å²) in [5, 5.41) is 4.04. The largest absolute Gasteiger partial charge is 0.440 e. The third kappa shape index (κ3) is 2.29. The molecule has 2 N–H and O–H groups in total. The molecule has 1 aromatic carbocycles. The SMILES string of the molecule is Cc1cc2nc3n(c2cc1C)C(NC(=O)C(C)C)(C(F)(F)F)C(=O)N3. The van der Waals surface area contributed by atoms with E-state index in [2.05, 4.69) is 10.3 Å². The lowest BCUT2D eigenvalue weighted by molar-refractivity contribution is -0.218. The van der Waals surface area contributed by atoms with Crippen molar-refractivity contribution < 1.29 is 22.8 Å². The fourth-order valence-corrected chi connectivity index (χ4v) is 2.81. The lowest BCUT2D eigenvalue weighted by atomic mass is 10.1. The van der Waals surface area contributed by atoms with E-state index in [0.717, 1.165) is 15.7 Å². The summed E-state index contributed by atoms with van der Waals surface area (Å²) in [6.45, 7) is 6.47. The zero-order chi connectivity index (χ0) is 18.7. The van der Waals surface area contributed by atoms with Crippen molar-refractivity contribution in [3.05, 3.63) is 23.3 Å². The lowest BCUT2D eigenvalue weighted by Crippen LogP contribution is -2.64. The van der Waals surface area contributed by atoms with Crippen LogP contribution in [-0.4, -0.2) is 27.5 Å². The van der Waals surface area contributed by atoms with Crippen molar-refractivity contribution in [1.29, 1.82) is 0 Å². The van der Waals surface area contributed by atoms with Crippen LogP contribution < -0.4 is 10.6 Å². The second kappa shape index (κ2) is 5.21. The van der Waals surface area contributed by atoms with Gasteiger partial charge in [-0.2, -0.15) is 13.2 Å². The Morgan fingerprint density at radius 1 is 1.28 bits per heavy atom. The Kier molecular flexibility index (Phi) is 3.59. The van der Waals surface area contributed by atoms with Crippen molar-refractivity contribution in [1.82, 2.24) is 14.9 Å². The summed E-state index contributed by atoms with van der Waals surface area (Å²) in [5.41, 5.74) is -1.18. The number of aromatic nitrogens is 2. The van der Waals surface area contributed by atoms with Crippen molar-refractivity contribution in [2.24, 2.45) is 5.92 Å². The van der Waals surface area contributed by atoms with Crippen LogP contribution in [0.5, 0.6) is 0 Å². The molecule has 0 saturated carbocycles.